The van der Waals surface area contributed by atoms with E-state index in [0.29, 0.717) is 0 Å². The summed E-state index contributed by atoms with van der Waals surface area (Å²) >= 11 is 2.29. The number of halogens is 1. The molecule has 0 atom stereocenters. The fourth-order valence-corrected chi connectivity index (χ4v) is 2.41. The molecule has 0 fully saturated rings. The Morgan fingerprint density at radius 1 is 1.06 bits per heavy atom. The van der Waals surface area contributed by atoms with E-state index in [1.165, 1.54) is 0 Å². The van der Waals surface area contributed by atoms with Crippen molar-refractivity contribution in [1.29, 1.82) is 0 Å². The minimum Gasteiger partial charge on any atom is -0.345 e. The number of nitrogens with zero attached hydrogens (tertiary/aromatic N) is 2. The smallest absolute Gasteiger partial charge is 0.142 e. The number of H-pyrrole nitrogens is 1. The molecule has 0 amide bonds. The molecule has 0 saturated heterocycles. The summed E-state index contributed by atoms with van der Waals surface area (Å²) < 4.78 is 1.15. The molecule has 0 radical (unpaired) electrons. The van der Waals surface area contributed by atoms with Gasteiger partial charge in [-0.1, -0.05) is 30.3 Å². The van der Waals surface area contributed by atoms with Crippen molar-refractivity contribution in [2.75, 3.05) is 0 Å². The van der Waals surface area contributed by atoms with Gasteiger partial charge in [-0.25, -0.2) is 9.97 Å². The molecule has 0 aliphatic rings. The first-order valence-corrected chi connectivity index (χ1v) is 5.97. The maximum absolute atomic E-state index is 4.37. The highest BCUT2D eigenvalue weighted by molar-refractivity contribution is 14.1. The lowest BCUT2D eigenvalue weighted by atomic mass is 10.1. The normalized spacial score (nSPS) is 10.8. The predicted octanol–water partition coefficient (Wildman–Crippen LogP) is 3.23. The van der Waals surface area contributed by atoms with Gasteiger partial charge in [0.05, 0.1) is 11.1 Å². The zero-order valence-electron chi connectivity index (χ0n) is 8.31. The fraction of sp³-hybridized carbons (Fsp3) is 0. The van der Waals surface area contributed by atoms with Crippen molar-refractivity contribution in [1.82, 2.24) is 15.0 Å². The molecular weight excluding hydrogens is 313 g/mol. The zero-order valence-corrected chi connectivity index (χ0v) is 10.5. The van der Waals surface area contributed by atoms with Crippen molar-refractivity contribution in [3.63, 3.8) is 0 Å². The number of aromatic nitrogens is 3. The van der Waals surface area contributed by atoms with Gasteiger partial charge in [-0.05, 0) is 22.6 Å². The molecule has 0 bridgehead atoms. The summed E-state index contributed by atoms with van der Waals surface area (Å²) in [5.41, 5.74) is 2.99. The van der Waals surface area contributed by atoms with Crippen molar-refractivity contribution in [2.45, 2.75) is 0 Å². The van der Waals surface area contributed by atoms with Crippen LogP contribution in [0.25, 0.3) is 22.3 Å². The number of nitrogens with one attached hydrogen (secondary N) is 1. The highest BCUT2D eigenvalue weighted by Gasteiger charge is 2.10. The molecule has 1 N–H and O–H groups in total. The number of rotatable bonds is 1. The highest BCUT2D eigenvalue weighted by Crippen LogP contribution is 2.28. The summed E-state index contributed by atoms with van der Waals surface area (Å²) in [6, 6.07) is 10.2. The van der Waals surface area contributed by atoms with Crippen molar-refractivity contribution in [3.8, 4) is 11.3 Å². The zero-order chi connectivity index (χ0) is 11.0. The van der Waals surface area contributed by atoms with Crippen LogP contribution >= 0.6 is 22.6 Å². The van der Waals surface area contributed by atoms with Crippen molar-refractivity contribution in [2.24, 2.45) is 0 Å². The van der Waals surface area contributed by atoms with Crippen molar-refractivity contribution >= 4 is 33.6 Å². The summed E-state index contributed by atoms with van der Waals surface area (Å²) in [5.74, 6) is 0. The lowest BCUT2D eigenvalue weighted by molar-refractivity contribution is 1.20. The Kier molecular flexibility index (Phi) is 2.36. The quantitative estimate of drug-likeness (QED) is 0.699. The van der Waals surface area contributed by atoms with Crippen LogP contribution in [0.1, 0.15) is 0 Å². The molecule has 0 unspecified atom stereocenters. The third-order valence-electron chi connectivity index (χ3n) is 2.47. The first-order chi connectivity index (χ1) is 7.86. The third-order valence-corrected chi connectivity index (χ3v) is 3.32. The average molecular weight is 321 g/mol. The van der Waals surface area contributed by atoms with E-state index in [1.807, 2.05) is 24.4 Å². The predicted molar refractivity (Wildman–Crippen MR) is 72.0 cm³/mol. The van der Waals surface area contributed by atoms with Crippen LogP contribution in [0.15, 0.2) is 42.9 Å². The molecule has 2 heterocycles. The van der Waals surface area contributed by atoms with Gasteiger partial charge in [-0.15, -0.1) is 0 Å². The van der Waals surface area contributed by atoms with Gasteiger partial charge in [0.15, 0.2) is 0 Å². The Labute approximate surface area is 106 Å². The lowest BCUT2D eigenvalue weighted by Gasteiger charge is -2.01. The third kappa shape index (κ3) is 1.49. The van der Waals surface area contributed by atoms with E-state index in [2.05, 4.69) is 49.7 Å². The van der Waals surface area contributed by atoms with E-state index >= 15 is 0 Å². The van der Waals surface area contributed by atoms with E-state index in [4.69, 9.17) is 0 Å². The van der Waals surface area contributed by atoms with Gasteiger partial charge in [-0.2, -0.15) is 0 Å². The van der Waals surface area contributed by atoms with Crippen LogP contribution in [0.5, 0.6) is 0 Å². The van der Waals surface area contributed by atoms with Crippen LogP contribution in [0.3, 0.4) is 0 Å². The number of fused-ring (bicyclic) bond motifs is 1. The molecule has 0 aliphatic carbocycles. The molecule has 0 saturated carbocycles. The second-order valence-corrected chi connectivity index (χ2v) is 4.61. The molecule has 4 heteroatoms. The van der Waals surface area contributed by atoms with Crippen LogP contribution in [0, 0.1) is 3.57 Å². The van der Waals surface area contributed by atoms with Crippen molar-refractivity contribution < 1.29 is 0 Å². The minimum atomic E-state index is 0.887. The molecule has 78 valence electrons. The van der Waals surface area contributed by atoms with Gasteiger partial charge in [0, 0.05) is 15.3 Å². The first kappa shape index (κ1) is 9.77. The molecular formula is C12H8IN3. The maximum Gasteiger partial charge on any atom is 0.142 e. The van der Waals surface area contributed by atoms with Gasteiger partial charge >= 0.3 is 0 Å². The number of hydrogen-bond donors (Lipinski definition) is 1. The van der Waals surface area contributed by atoms with Crippen LogP contribution in [0.4, 0.5) is 0 Å². The van der Waals surface area contributed by atoms with Crippen LogP contribution in [-0.4, -0.2) is 15.0 Å². The standard InChI is InChI=1S/C12H8IN3/c13-9-6-14-12-10(9)11(15-7-16-12)8-4-2-1-3-5-8/h1-7H,(H,14,15,16). The second-order valence-electron chi connectivity index (χ2n) is 3.45. The van der Waals surface area contributed by atoms with Crippen LogP contribution in [0.2, 0.25) is 0 Å². The molecule has 2 aromatic heterocycles. The SMILES string of the molecule is Ic1c[nH]c2ncnc(-c3ccccc3)c12. The molecule has 16 heavy (non-hydrogen) atoms. The Morgan fingerprint density at radius 3 is 2.69 bits per heavy atom. The van der Waals surface area contributed by atoms with E-state index < -0.39 is 0 Å². The highest BCUT2D eigenvalue weighted by atomic mass is 127. The lowest BCUT2D eigenvalue weighted by Crippen LogP contribution is -1.87. The summed E-state index contributed by atoms with van der Waals surface area (Å²) in [6.45, 7) is 0. The number of hydrogen-bond acceptors (Lipinski definition) is 2. The first-order valence-electron chi connectivity index (χ1n) is 4.89. The topological polar surface area (TPSA) is 41.6 Å². The minimum absolute atomic E-state index is 0.887. The van der Waals surface area contributed by atoms with Gasteiger partial charge < -0.3 is 4.98 Å². The number of aromatic amines is 1. The van der Waals surface area contributed by atoms with Crippen LogP contribution < -0.4 is 0 Å². The van der Waals surface area contributed by atoms with Gasteiger partial charge in [0.1, 0.15) is 12.0 Å². The molecule has 1 aromatic carbocycles. The fourth-order valence-electron chi connectivity index (χ4n) is 1.74. The van der Waals surface area contributed by atoms with Gasteiger partial charge in [-0.3, -0.25) is 0 Å². The Bertz CT molecular complexity index is 631. The summed E-state index contributed by atoms with van der Waals surface area (Å²) in [4.78, 5) is 11.7. The van der Waals surface area contributed by atoms with E-state index in [9.17, 15) is 0 Å². The summed E-state index contributed by atoms with van der Waals surface area (Å²) in [6.07, 6.45) is 3.55. The summed E-state index contributed by atoms with van der Waals surface area (Å²) in [5, 5.41) is 1.09. The van der Waals surface area contributed by atoms with Crippen LogP contribution in [-0.2, 0) is 0 Å². The largest absolute Gasteiger partial charge is 0.345 e. The number of benzene rings is 1. The average Bonchev–Trinajstić information content (AvgIpc) is 2.73. The summed E-state index contributed by atoms with van der Waals surface area (Å²) in [7, 11) is 0. The molecule has 0 spiro atoms. The van der Waals surface area contributed by atoms with E-state index in [-0.39, 0.29) is 0 Å². The molecule has 3 rings (SSSR count). The Balaban J connectivity index is 2.36. The molecule has 3 aromatic rings. The Hall–Kier alpha value is -1.43. The van der Waals surface area contributed by atoms with Gasteiger partial charge in [0.25, 0.3) is 0 Å². The Morgan fingerprint density at radius 2 is 1.88 bits per heavy atom. The second kappa shape index (κ2) is 3.86. The van der Waals surface area contributed by atoms with Crippen molar-refractivity contribution in [3.05, 3.63) is 46.4 Å². The maximum atomic E-state index is 4.37. The molecule has 0 aliphatic heterocycles. The van der Waals surface area contributed by atoms with E-state index in [1.54, 1.807) is 6.33 Å². The van der Waals surface area contributed by atoms with Gasteiger partial charge in [0.2, 0.25) is 0 Å². The van der Waals surface area contributed by atoms with E-state index in [0.717, 1.165) is 25.9 Å². The monoisotopic (exact) mass is 321 g/mol. The molecule has 3 nitrogen and oxygen atoms in total.